The lowest BCUT2D eigenvalue weighted by Gasteiger charge is -2.22. The van der Waals surface area contributed by atoms with Gasteiger partial charge in [0, 0.05) is 9.61 Å². The largest absolute Gasteiger partial charge is 0.310 e. The Balaban J connectivity index is 2.80. The molecule has 1 N–H and O–H groups in total. The fraction of sp³-hybridized carbons (Fsp3) is 0.571. The summed E-state index contributed by atoms with van der Waals surface area (Å²) < 4.78 is 1.37. The van der Waals surface area contributed by atoms with Crippen LogP contribution < -0.4 is 5.32 Å². The zero-order valence-electron chi connectivity index (χ0n) is 10.5. The summed E-state index contributed by atoms with van der Waals surface area (Å²) in [5.41, 5.74) is 1.45. The van der Waals surface area contributed by atoms with Gasteiger partial charge in [0.1, 0.15) is 0 Å². The van der Waals surface area contributed by atoms with E-state index in [2.05, 4.69) is 72.9 Å². The first-order valence-electron chi connectivity index (χ1n) is 6.16. The molecule has 1 rings (SSSR count). The lowest BCUT2D eigenvalue weighted by atomic mass is 9.94. The van der Waals surface area contributed by atoms with E-state index in [4.69, 9.17) is 0 Å². The summed E-state index contributed by atoms with van der Waals surface area (Å²) in [6.45, 7) is 7.81. The highest BCUT2D eigenvalue weighted by Crippen LogP contribution is 2.26. The molecule has 2 atom stereocenters. The van der Waals surface area contributed by atoms with Crippen LogP contribution in [0.3, 0.4) is 0 Å². The molecule has 1 aromatic rings. The second kappa shape index (κ2) is 7.28. The first-order valence-corrected chi connectivity index (χ1v) is 7.24. The SMILES string of the molecule is CCNC(CC(C)CC)c1ccccc1I. The van der Waals surface area contributed by atoms with E-state index in [0.29, 0.717) is 6.04 Å². The van der Waals surface area contributed by atoms with E-state index in [1.165, 1.54) is 22.0 Å². The number of rotatable bonds is 6. The van der Waals surface area contributed by atoms with E-state index in [0.717, 1.165) is 12.5 Å². The zero-order chi connectivity index (χ0) is 12.0. The van der Waals surface area contributed by atoms with Gasteiger partial charge in [0.25, 0.3) is 0 Å². The molecule has 0 amide bonds. The van der Waals surface area contributed by atoms with E-state index in [1.807, 2.05) is 0 Å². The van der Waals surface area contributed by atoms with E-state index in [-0.39, 0.29) is 0 Å². The standard InChI is InChI=1S/C14H22IN/c1-4-11(3)10-14(16-5-2)12-8-6-7-9-13(12)15/h6-9,11,14,16H,4-5,10H2,1-3H3. The number of hydrogen-bond donors (Lipinski definition) is 1. The quantitative estimate of drug-likeness (QED) is 0.763. The van der Waals surface area contributed by atoms with Gasteiger partial charge in [-0.15, -0.1) is 0 Å². The molecular weight excluding hydrogens is 309 g/mol. The summed E-state index contributed by atoms with van der Waals surface area (Å²) in [5.74, 6) is 0.778. The van der Waals surface area contributed by atoms with E-state index in [9.17, 15) is 0 Å². The van der Waals surface area contributed by atoms with Crippen molar-refractivity contribution < 1.29 is 0 Å². The maximum atomic E-state index is 3.60. The summed E-state index contributed by atoms with van der Waals surface area (Å²) in [4.78, 5) is 0. The van der Waals surface area contributed by atoms with Crippen LogP contribution >= 0.6 is 22.6 Å². The van der Waals surface area contributed by atoms with Crippen LogP contribution in [0.2, 0.25) is 0 Å². The third-order valence-corrected chi connectivity index (χ3v) is 4.05. The maximum Gasteiger partial charge on any atom is 0.0333 e. The Kier molecular flexibility index (Phi) is 6.36. The Hall–Kier alpha value is -0.0900. The van der Waals surface area contributed by atoms with Crippen molar-refractivity contribution in [2.24, 2.45) is 5.92 Å². The van der Waals surface area contributed by atoms with Crippen LogP contribution in [0.1, 0.15) is 45.2 Å². The molecule has 0 aliphatic rings. The molecule has 0 saturated heterocycles. The Morgan fingerprint density at radius 1 is 1.25 bits per heavy atom. The third-order valence-electron chi connectivity index (χ3n) is 3.07. The molecule has 1 nitrogen and oxygen atoms in total. The average molecular weight is 331 g/mol. The van der Waals surface area contributed by atoms with Gasteiger partial charge in [0.2, 0.25) is 0 Å². The fourth-order valence-corrected chi connectivity index (χ4v) is 2.66. The summed E-state index contributed by atoms with van der Waals surface area (Å²) >= 11 is 2.43. The summed E-state index contributed by atoms with van der Waals surface area (Å²) in [6, 6.07) is 9.19. The highest BCUT2D eigenvalue weighted by atomic mass is 127. The summed E-state index contributed by atoms with van der Waals surface area (Å²) in [6.07, 6.45) is 2.48. The maximum absolute atomic E-state index is 3.60. The molecule has 0 aliphatic heterocycles. The number of benzene rings is 1. The molecule has 90 valence electrons. The Labute approximate surface area is 113 Å². The van der Waals surface area contributed by atoms with Crippen molar-refractivity contribution in [1.82, 2.24) is 5.32 Å². The van der Waals surface area contributed by atoms with Crippen LogP contribution in [-0.4, -0.2) is 6.54 Å². The van der Waals surface area contributed by atoms with Crippen LogP contribution in [0.4, 0.5) is 0 Å². The van der Waals surface area contributed by atoms with Crippen LogP contribution in [-0.2, 0) is 0 Å². The van der Waals surface area contributed by atoms with Crippen molar-refractivity contribution in [3.63, 3.8) is 0 Å². The van der Waals surface area contributed by atoms with Gasteiger partial charge in [-0.3, -0.25) is 0 Å². The highest BCUT2D eigenvalue weighted by Gasteiger charge is 2.15. The van der Waals surface area contributed by atoms with Crippen molar-refractivity contribution in [3.8, 4) is 0 Å². The van der Waals surface area contributed by atoms with Gasteiger partial charge in [-0.05, 0) is 53.1 Å². The Morgan fingerprint density at radius 2 is 1.94 bits per heavy atom. The monoisotopic (exact) mass is 331 g/mol. The van der Waals surface area contributed by atoms with Crippen molar-refractivity contribution in [3.05, 3.63) is 33.4 Å². The van der Waals surface area contributed by atoms with E-state index < -0.39 is 0 Å². The Bertz CT molecular complexity index is 311. The number of hydrogen-bond acceptors (Lipinski definition) is 1. The minimum absolute atomic E-state index is 0.507. The van der Waals surface area contributed by atoms with Gasteiger partial charge in [0.05, 0.1) is 0 Å². The lowest BCUT2D eigenvalue weighted by molar-refractivity contribution is 0.407. The normalized spacial score (nSPS) is 14.8. The molecule has 0 aliphatic carbocycles. The predicted octanol–water partition coefficient (Wildman–Crippen LogP) is 4.38. The van der Waals surface area contributed by atoms with Gasteiger partial charge in [0.15, 0.2) is 0 Å². The molecule has 0 fully saturated rings. The minimum Gasteiger partial charge on any atom is -0.310 e. The predicted molar refractivity (Wildman–Crippen MR) is 79.6 cm³/mol. The third kappa shape index (κ3) is 4.06. The van der Waals surface area contributed by atoms with Crippen LogP contribution in [0.25, 0.3) is 0 Å². The average Bonchev–Trinajstić information content (AvgIpc) is 2.29. The van der Waals surface area contributed by atoms with Crippen LogP contribution in [0.5, 0.6) is 0 Å². The molecule has 1 aromatic carbocycles. The molecular formula is C14H22IN. The molecule has 0 aromatic heterocycles. The van der Waals surface area contributed by atoms with Crippen molar-refractivity contribution in [2.75, 3.05) is 6.54 Å². The van der Waals surface area contributed by atoms with Gasteiger partial charge in [-0.2, -0.15) is 0 Å². The molecule has 2 heteroatoms. The molecule has 2 unspecified atom stereocenters. The number of nitrogens with one attached hydrogen (secondary N) is 1. The molecule has 0 saturated carbocycles. The van der Waals surface area contributed by atoms with Gasteiger partial charge in [-0.1, -0.05) is 45.4 Å². The zero-order valence-corrected chi connectivity index (χ0v) is 12.6. The number of halogens is 1. The smallest absolute Gasteiger partial charge is 0.0333 e. The Morgan fingerprint density at radius 3 is 2.50 bits per heavy atom. The second-order valence-electron chi connectivity index (χ2n) is 4.38. The lowest BCUT2D eigenvalue weighted by Crippen LogP contribution is -2.23. The van der Waals surface area contributed by atoms with Crippen molar-refractivity contribution in [2.45, 2.75) is 39.7 Å². The first kappa shape index (κ1) is 14.0. The minimum atomic E-state index is 0.507. The van der Waals surface area contributed by atoms with E-state index in [1.54, 1.807) is 0 Å². The molecule has 0 heterocycles. The highest BCUT2D eigenvalue weighted by molar-refractivity contribution is 14.1. The van der Waals surface area contributed by atoms with Crippen LogP contribution in [0, 0.1) is 9.49 Å². The topological polar surface area (TPSA) is 12.0 Å². The first-order chi connectivity index (χ1) is 7.69. The van der Waals surface area contributed by atoms with Crippen LogP contribution in [0.15, 0.2) is 24.3 Å². The van der Waals surface area contributed by atoms with Crippen molar-refractivity contribution in [1.29, 1.82) is 0 Å². The van der Waals surface area contributed by atoms with Crippen molar-refractivity contribution >= 4 is 22.6 Å². The van der Waals surface area contributed by atoms with Gasteiger partial charge >= 0.3 is 0 Å². The summed E-state index contributed by atoms with van der Waals surface area (Å²) in [5, 5.41) is 3.60. The molecule has 16 heavy (non-hydrogen) atoms. The summed E-state index contributed by atoms with van der Waals surface area (Å²) in [7, 11) is 0. The van der Waals surface area contributed by atoms with Gasteiger partial charge in [-0.25, -0.2) is 0 Å². The second-order valence-corrected chi connectivity index (χ2v) is 5.54. The molecule has 0 radical (unpaired) electrons. The molecule has 0 spiro atoms. The molecule has 0 bridgehead atoms. The van der Waals surface area contributed by atoms with E-state index >= 15 is 0 Å². The fourth-order valence-electron chi connectivity index (χ4n) is 1.89. The van der Waals surface area contributed by atoms with Gasteiger partial charge < -0.3 is 5.32 Å².